The van der Waals surface area contributed by atoms with E-state index in [0.29, 0.717) is 0 Å². The van der Waals surface area contributed by atoms with Crippen molar-refractivity contribution in [1.29, 1.82) is 0 Å². The molecule has 3 aromatic heterocycles. The summed E-state index contributed by atoms with van der Waals surface area (Å²) in [6.07, 6.45) is 0. The predicted octanol–water partition coefficient (Wildman–Crippen LogP) is 11.4. The van der Waals surface area contributed by atoms with E-state index in [-0.39, 0.29) is 0 Å². The number of fused-ring (bicyclic) bond motifs is 10. The van der Waals surface area contributed by atoms with Crippen LogP contribution in [0.15, 0.2) is 231 Å². The van der Waals surface area contributed by atoms with Crippen molar-refractivity contribution in [3.05, 3.63) is 231 Å². The first-order chi connectivity index (χ1) is 31.3. The number of benzene rings is 9. The Balaban J connectivity index is 1.07. The van der Waals surface area contributed by atoms with Gasteiger partial charge in [0.25, 0.3) is 0 Å². The molecule has 4 heterocycles. The molecule has 1 aliphatic rings. The molecule has 5 heteroatoms. The zero-order valence-electron chi connectivity index (χ0n) is 34.2. The van der Waals surface area contributed by atoms with Gasteiger partial charge in [-0.2, -0.15) is 0 Å². The average Bonchev–Trinajstić information content (AvgIpc) is 3.99. The summed E-state index contributed by atoms with van der Waals surface area (Å²) in [4.78, 5) is 11.3. The molecule has 0 N–H and O–H groups in total. The van der Waals surface area contributed by atoms with Gasteiger partial charge in [-0.1, -0.05) is 36.4 Å². The van der Waals surface area contributed by atoms with Gasteiger partial charge in [0.05, 0.1) is 0 Å². The Morgan fingerprint density at radius 2 is 0.825 bits per heavy atom. The standard InChI is InChI=1S/C58H38GeN4/c1-5-19-39(20-6-1)54-53-49-29-13-16-30-50(49)59(41-21-7-2-8-22-41,42-23-9-3-10-24-42)57(53)61-58(60-54)40-33-35-44(36-34-40)63-52-32-18-15-28-46(52)48-38-37-47-45-27-14-17-31-51(45)62(55(47)56(48)63)43-25-11-4-12-26-43/h1-38H. The molecule has 0 bridgehead atoms. The summed E-state index contributed by atoms with van der Waals surface area (Å²) in [7, 11) is 0. The molecule has 63 heavy (non-hydrogen) atoms. The summed E-state index contributed by atoms with van der Waals surface area (Å²) in [6, 6.07) is 83.9. The average molecular weight is 864 g/mol. The van der Waals surface area contributed by atoms with Crippen molar-refractivity contribution in [2.45, 2.75) is 0 Å². The van der Waals surface area contributed by atoms with E-state index in [2.05, 4.69) is 240 Å². The summed E-state index contributed by atoms with van der Waals surface area (Å²) >= 11 is -3.68. The number of aromatic nitrogens is 4. The van der Waals surface area contributed by atoms with E-state index in [1.54, 1.807) is 0 Å². The van der Waals surface area contributed by atoms with Gasteiger partial charge in [0.1, 0.15) is 0 Å². The van der Waals surface area contributed by atoms with Crippen LogP contribution in [0.1, 0.15) is 0 Å². The second kappa shape index (κ2) is 14.1. The number of rotatable bonds is 6. The third-order valence-electron chi connectivity index (χ3n) is 13.2. The fraction of sp³-hybridized carbons (Fsp3) is 0. The summed E-state index contributed by atoms with van der Waals surface area (Å²) in [6.45, 7) is 0. The zero-order valence-corrected chi connectivity index (χ0v) is 36.3. The monoisotopic (exact) mass is 864 g/mol. The van der Waals surface area contributed by atoms with Crippen molar-refractivity contribution in [2.75, 3.05) is 0 Å². The molecule has 0 fully saturated rings. The Hall–Kier alpha value is -7.80. The van der Waals surface area contributed by atoms with Crippen molar-refractivity contribution < 1.29 is 0 Å². The number of para-hydroxylation sites is 3. The molecule has 13 rings (SSSR count). The Morgan fingerprint density at radius 3 is 1.41 bits per heavy atom. The molecule has 0 saturated heterocycles. The van der Waals surface area contributed by atoms with E-state index >= 15 is 0 Å². The second-order valence-corrected chi connectivity index (χ2v) is 24.2. The van der Waals surface area contributed by atoms with Crippen LogP contribution in [-0.2, 0) is 0 Å². The van der Waals surface area contributed by atoms with Crippen molar-refractivity contribution in [2.24, 2.45) is 0 Å². The predicted molar refractivity (Wildman–Crippen MR) is 264 cm³/mol. The molecule has 9 aromatic carbocycles. The SMILES string of the molecule is c1ccc(-c2nc(-c3ccc(-n4c5ccccc5c5ccc6c7ccccc7n(-c7ccccc7)c6c54)cc3)n[c]3c2-c2cccc[c]2[Ge]3([c]2ccccc2)[c]2ccccc2)cc1. The van der Waals surface area contributed by atoms with Crippen LogP contribution >= 0.6 is 0 Å². The molecule has 0 atom stereocenters. The molecular weight excluding hydrogens is 825 g/mol. The fourth-order valence-electron chi connectivity index (χ4n) is 10.6. The van der Waals surface area contributed by atoms with Crippen molar-refractivity contribution >= 4 is 74.6 Å². The summed E-state index contributed by atoms with van der Waals surface area (Å²) in [5.41, 5.74) is 12.4. The molecule has 0 saturated carbocycles. The molecule has 12 aromatic rings. The zero-order chi connectivity index (χ0) is 41.5. The first kappa shape index (κ1) is 35.9. The minimum atomic E-state index is -3.68. The molecule has 1 aliphatic heterocycles. The first-order valence-electron chi connectivity index (χ1n) is 21.6. The van der Waals surface area contributed by atoms with Crippen LogP contribution in [0.3, 0.4) is 0 Å². The van der Waals surface area contributed by atoms with Gasteiger partial charge in [0.2, 0.25) is 0 Å². The van der Waals surface area contributed by atoms with Crippen LogP contribution in [0.4, 0.5) is 0 Å². The molecule has 0 unspecified atom stereocenters. The third kappa shape index (κ3) is 5.22. The molecule has 0 aliphatic carbocycles. The summed E-state index contributed by atoms with van der Waals surface area (Å²) < 4.78 is 10.2. The molecule has 4 nitrogen and oxygen atoms in total. The van der Waals surface area contributed by atoms with Crippen LogP contribution in [0, 0.1) is 0 Å². The van der Waals surface area contributed by atoms with E-state index in [0.717, 1.165) is 39.6 Å². The van der Waals surface area contributed by atoms with Gasteiger partial charge >= 0.3 is 315 Å². The van der Waals surface area contributed by atoms with E-state index in [1.807, 2.05) is 0 Å². The van der Waals surface area contributed by atoms with Gasteiger partial charge < -0.3 is 0 Å². The number of hydrogen-bond acceptors (Lipinski definition) is 2. The molecule has 0 spiro atoms. The minimum absolute atomic E-state index is 0.739. The van der Waals surface area contributed by atoms with E-state index < -0.39 is 13.3 Å². The van der Waals surface area contributed by atoms with Crippen LogP contribution in [0.5, 0.6) is 0 Å². The molecular formula is C58H38GeN4. The molecule has 0 amide bonds. The Labute approximate surface area is 367 Å². The van der Waals surface area contributed by atoms with Gasteiger partial charge in [-0.05, 0) is 18.2 Å². The summed E-state index contributed by atoms with van der Waals surface area (Å²) in [5.74, 6) is 0.739. The van der Waals surface area contributed by atoms with Gasteiger partial charge in [-0.15, -0.1) is 0 Å². The van der Waals surface area contributed by atoms with E-state index in [9.17, 15) is 0 Å². The third-order valence-corrected chi connectivity index (χ3v) is 23.1. The van der Waals surface area contributed by atoms with Crippen LogP contribution in [0.2, 0.25) is 0 Å². The Kier molecular flexibility index (Phi) is 8.05. The number of hydrogen-bond donors (Lipinski definition) is 0. The first-order valence-corrected chi connectivity index (χ1v) is 25.8. The Bertz CT molecular complexity index is 3670. The normalized spacial score (nSPS) is 12.9. The maximum absolute atomic E-state index is 5.80. The quantitative estimate of drug-likeness (QED) is 0.156. The fourth-order valence-corrected chi connectivity index (χ4v) is 21.1. The maximum atomic E-state index is 5.80. The number of nitrogens with zero attached hydrogens (tertiary/aromatic N) is 4. The molecule has 294 valence electrons. The second-order valence-electron chi connectivity index (χ2n) is 16.5. The van der Waals surface area contributed by atoms with Crippen molar-refractivity contribution in [1.82, 2.24) is 19.1 Å². The van der Waals surface area contributed by atoms with Crippen LogP contribution in [-0.4, -0.2) is 32.4 Å². The van der Waals surface area contributed by atoms with Gasteiger partial charge in [0.15, 0.2) is 0 Å². The molecule has 0 radical (unpaired) electrons. The van der Waals surface area contributed by atoms with E-state index in [1.165, 1.54) is 66.9 Å². The van der Waals surface area contributed by atoms with Gasteiger partial charge in [-0.3, -0.25) is 0 Å². The van der Waals surface area contributed by atoms with Gasteiger partial charge in [0, 0.05) is 0 Å². The summed E-state index contributed by atoms with van der Waals surface area (Å²) in [5, 5.41) is 4.92. The Morgan fingerprint density at radius 1 is 0.349 bits per heavy atom. The topological polar surface area (TPSA) is 35.6 Å². The van der Waals surface area contributed by atoms with Crippen LogP contribution in [0.25, 0.3) is 88.8 Å². The van der Waals surface area contributed by atoms with E-state index in [4.69, 9.17) is 9.97 Å². The van der Waals surface area contributed by atoms with Gasteiger partial charge in [-0.25, -0.2) is 0 Å². The van der Waals surface area contributed by atoms with Crippen molar-refractivity contribution in [3.63, 3.8) is 0 Å². The van der Waals surface area contributed by atoms with Crippen LogP contribution < -0.4 is 17.7 Å². The van der Waals surface area contributed by atoms with Crippen molar-refractivity contribution in [3.8, 4) is 45.1 Å².